The maximum Gasteiger partial charge on any atom is 0.130 e. The summed E-state index contributed by atoms with van der Waals surface area (Å²) in [6.07, 6.45) is 1.72. The predicted octanol–water partition coefficient (Wildman–Crippen LogP) is 6.31. The van der Waals surface area contributed by atoms with Crippen LogP contribution >= 0.6 is 23.2 Å². The Labute approximate surface area is 174 Å². The first-order valence-electron chi connectivity index (χ1n) is 9.15. The van der Waals surface area contributed by atoms with Crippen molar-refractivity contribution in [1.29, 1.82) is 0 Å². The van der Waals surface area contributed by atoms with Crippen LogP contribution in [0.2, 0.25) is 10.0 Å². The average Bonchev–Trinajstić information content (AvgIpc) is 3.13. The van der Waals surface area contributed by atoms with Gasteiger partial charge in [-0.3, -0.25) is 0 Å². The lowest BCUT2D eigenvalue weighted by Crippen LogP contribution is -2.20. The average molecular weight is 411 g/mol. The van der Waals surface area contributed by atoms with Crippen LogP contribution in [0.3, 0.4) is 0 Å². The molecule has 2 N–H and O–H groups in total. The van der Waals surface area contributed by atoms with Crippen molar-refractivity contribution in [2.24, 2.45) is 0 Å². The predicted molar refractivity (Wildman–Crippen MR) is 117 cm³/mol. The Hall–Kier alpha value is -2.46. The Morgan fingerprint density at radius 2 is 1.57 bits per heavy atom. The van der Waals surface area contributed by atoms with Gasteiger partial charge >= 0.3 is 0 Å². The second-order valence-electron chi connectivity index (χ2n) is 6.52. The first kappa shape index (κ1) is 18.9. The van der Waals surface area contributed by atoms with Gasteiger partial charge in [-0.15, -0.1) is 0 Å². The molecule has 4 rings (SSSR count). The van der Waals surface area contributed by atoms with Gasteiger partial charge in [0.15, 0.2) is 0 Å². The molecule has 5 heteroatoms. The molecule has 142 valence electrons. The van der Waals surface area contributed by atoms with Crippen molar-refractivity contribution in [3.05, 3.63) is 88.5 Å². The number of hydrogen-bond acceptors (Lipinski definition) is 2. The summed E-state index contributed by atoms with van der Waals surface area (Å²) in [6.45, 7) is 2.06. The molecule has 0 fully saturated rings. The summed E-state index contributed by atoms with van der Waals surface area (Å²) in [6, 6.07) is 22.7. The van der Waals surface area contributed by atoms with E-state index in [1.54, 1.807) is 6.20 Å². The van der Waals surface area contributed by atoms with E-state index in [4.69, 9.17) is 27.9 Å². The Bertz CT molecular complexity index is 1060. The third kappa shape index (κ3) is 4.17. The summed E-state index contributed by atoms with van der Waals surface area (Å²) in [5.41, 5.74) is 4.49. The van der Waals surface area contributed by atoms with Crippen molar-refractivity contribution in [2.75, 3.05) is 13.2 Å². The topological polar surface area (TPSA) is 37.0 Å². The van der Waals surface area contributed by atoms with E-state index in [1.807, 2.05) is 18.2 Å². The number of ether oxygens (including phenoxy) is 1. The molecule has 1 aromatic heterocycles. The highest BCUT2D eigenvalue weighted by Gasteiger charge is 2.11. The van der Waals surface area contributed by atoms with Crippen LogP contribution in [-0.4, -0.2) is 18.1 Å². The SMILES string of the molecule is Clc1ccc(OCCNCc2ccc(-c3ccccc3)cc2)c2c(Cl)c[nH]c12. The summed E-state index contributed by atoms with van der Waals surface area (Å²) < 4.78 is 5.90. The van der Waals surface area contributed by atoms with Gasteiger partial charge in [0.2, 0.25) is 0 Å². The Kier molecular flexibility index (Phi) is 5.87. The van der Waals surface area contributed by atoms with Crippen LogP contribution in [0.1, 0.15) is 5.56 Å². The molecule has 0 spiro atoms. The second-order valence-corrected chi connectivity index (χ2v) is 7.33. The van der Waals surface area contributed by atoms with Crippen molar-refractivity contribution in [3.63, 3.8) is 0 Å². The van der Waals surface area contributed by atoms with Crippen molar-refractivity contribution >= 4 is 34.1 Å². The minimum Gasteiger partial charge on any atom is -0.492 e. The summed E-state index contributed by atoms with van der Waals surface area (Å²) in [5, 5.41) is 5.47. The molecule has 0 unspecified atom stereocenters. The van der Waals surface area contributed by atoms with Gasteiger partial charge in [-0.2, -0.15) is 0 Å². The van der Waals surface area contributed by atoms with Gasteiger partial charge in [0.1, 0.15) is 12.4 Å². The van der Waals surface area contributed by atoms with Crippen molar-refractivity contribution in [1.82, 2.24) is 10.3 Å². The lowest BCUT2D eigenvalue weighted by atomic mass is 10.0. The van der Waals surface area contributed by atoms with E-state index in [2.05, 4.69) is 58.8 Å². The van der Waals surface area contributed by atoms with E-state index < -0.39 is 0 Å². The summed E-state index contributed by atoms with van der Waals surface area (Å²) in [7, 11) is 0. The number of aromatic nitrogens is 1. The zero-order chi connectivity index (χ0) is 19.3. The monoisotopic (exact) mass is 410 g/mol. The molecule has 1 heterocycles. The van der Waals surface area contributed by atoms with E-state index in [0.29, 0.717) is 16.7 Å². The van der Waals surface area contributed by atoms with E-state index in [9.17, 15) is 0 Å². The number of halogens is 2. The van der Waals surface area contributed by atoms with Gasteiger partial charge in [-0.1, -0.05) is 77.8 Å². The molecule has 0 atom stereocenters. The van der Waals surface area contributed by atoms with Gasteiger partial charge in [0.05, 0.1) is 20.9 Å². The van der Waals surface area contributed by atoms with Crippen LogP contribution in [0.25, 0.3) is 22.0 Å². The van der Waals surface area contributed by atoms with Gasteiger partial charge < -0.3 is 15.0 Å². The molecule has 0 aliphatic heterocycles. The van der Waals surface area contributed by atoms with Crippen LogP contribution < -0.4 is 10.1 Å². The van der Waals surface area contributed by atoms with Gasteiger partial charge in [-0.25, -0.2) is 0 Å². The van der Waals surface area contributed by atoms with Crippen molar-refractivity contribution in [3.8, 4) is 16.9 Å². The highest BCUT2D eigenvalue weighted by Crippen LogP contribution is 2.36. The number of nitrogens with one attached hydrogen (secondary N) is 2. The Morgan fingerprint density at radius 1 is 0.821 bits per heavy atom. The molecule has 3 nitrogen and oxygen atoms in total. The minimum absolute atomic E-state index is 0.542. The highest BCUT2D eigenvalue weighted by atomic mass is 35.5. The number of rotatable bonds is 7. The Balaban J connectivity index is 1.29. The van der Waals surface area contributed by atoms with Crippen molar-refractivity contribution < 1.29 is 4.74 Å². The Morgan fingerprint density at radius 3 is 2.36 bits per heavy atom. The van der Waals surface area contributed by atoms with Crippen LogP contribution in [-0.2, 0) is 6.54 Å². The van der Waals surface area contributed by atoms with Gasteiger partial charge in [0, 0.05) is 19.3 Å². The van der Waals surface area contributed by atoms with Crippen LogP contribution in [0.5, 0.6) is 5.75 Å². The summed E-state index contributed by atoms with van der Waals surface area (Å²) >= 11 is 12.4. The third-order valence-corrected chi connectivity index (χ3v) is 5.24. The molecule has 0 aliphatic carbocycles. The van der Waals surface area contributed by atoms with E-state index in [-0.39, 0.29) is 0 Å². The van der Waals surface area contributed by atoms with Crippen molar-refractivity contribution in [2.45, 2.75) is 6.54 Å². The molecule has 0 aliphatic rings. The maximum absolute atomic E-state index is 6.24. The normalized spacial score (nSPS) is 11.1. The molecule has 0 saturated carbocycles. The van der Waals surface area contributed by atoms with Gasteiger partial charge in [0.25, 0.3) is 0 Å². The quantitative estimate of drug-likeness (QED) is 0.350. The lowest BCUT2D eigenvalue weighted by Gasteiger charge is -2.10. The zero-order valence-electron chi connectivity index (χ0n) is 15.2. The number of hydrogen-bond donors (Lipinski definition) is 2. The van der Waals surface area contributed by atoms with E-state index in [1.165, 1.54) is 16.7 Å². The fraction of sp³-hybridized carbons (Fsp3) is 0.130. The summed E-state index contributed by atoms with van der Waals surface area (Å²) in [4.78, 5) is 3.08. The lowest BCUT2D eigenvalue weighted by molar-refractivity contribution is 0.317. The molecule has 0 bridgehead atoms. The first-order valence-corrected chi connectivity index (χ1v) is 9.91. The molecule has 3 aromatic carbocycles. The molecule has 0 amide bonds. The molecule has 0 saturated heterocycles. The molecular weight excluding hydrogens is 391 g/mol. The van der Waals surface area contributed by atoms with Crippen LogP contribution in [0.15, 0.2) is 72.9 Å². The van der Waals surface area contributed by atoms with E-state index >= 15 is 0 Å². The number of H-pyrrole nitrogens is 1. The fourth-order valence-electron chi connectivity index (χ4n) is 3.18. The maximum atomic E-state index is 6.24. The fourth-order valence-corrected chi connectivity index (χ4v) is 3.63. The van der Waals surface area contributed by atoms with Crippen LogP contribution in [0, 0.1) is 0 Å². The van der Waals surface area contributed by atoms with Crippen LogP contribution in [0.4, 0.5) is 0 Å². The standard InChI is InChI=1S/C23H20Cl2N2O/c24-19-10-11-21(22-20(25)15-27-23(19)22)28-13-12-26-14-16-6-8-18(9-7-16)17-4-2-1-3-5-17/h1-11,15,26-27H,12-14H2. The first-order chi connectivity index (χ1) is 13.7. The minimum atomic E-state index is 0.542. The summed E-state index contributed by atoms with van der Waals surface area (Å²) in [5.74, 6) is 0.736. The number of benzene rings is 3. The van der Waals surface area contributed by atoms with Gasteiger partial charge in [-0.05, 0) is 28.8 Å². The molecule has 28 heavy (non-hydrogen) atoms. The third-order valence-electron chi connectivity index (χ3n) is 4.62. The second kappa shape index (κ2) is 8.70. The van der Waals surface area contributed by atoms with E-state index in [0.717, 1.165) is 29.7 Å². The smallest absolute Gasteiger partial charge is 0.130 e. The molecular formula is C23H20Cl2N2O. The number of fused-ring (bicyclic) bond motifs is 1. The largest absolute Gasteiger partial charge is 0.492 e. The molecule has 0 radical (unpaired) electrons. The molecule has 4 aromatic rings. The number of aromatic amines is 1. The highest BCUT2D eigenvalue weighted by molar-refractivity contribution is 6.40. The zero-order valence-corrected chi connectivity index (χ0v) is 16.7.